The normalized spacial score (nSPS) is 15.2. The first kappa shape index (κ1) is 21.5. The fourth-order valence-electron chi connectivity index (χ4n) is 3.69. The second-order valence-electron chi connectivity index (χ2n) is 7.39. The number of hydrogen-bond donors (Lipinski definition) is 1. The molecule has 0 aliphatic carbocycles. The third-order valence-electron chi connectivity index (χ3n) is 5.42. The quantitative estimate of drug-likeness (QED) is 0.630. The Labute approximate surface area is 184 Å². The number of anilines is 1. The van der Waals surface area contributed by atoms with Crippen molar-refractivity contribution in [3.05, 3.63) is 51.6 Å². The summed E-state index contributed by atoms with van der Waals surface area (Å²) in [5.74, 6) is -0.212. The SMILES string of the molecule is COc1ccc(S(=O)(=O)N2CCCCC2)cc1C(=O)Nc1ccc2c(c1)sc(=O)n2C. The van der Waals surface area contributed by atoms with Crippen LogP contribution in [0.5, 0.6) is 5.75 Å². The number of aryl methyl sites for hydroxylation is 1. The minimum absolute atomic E-state index is 0.0667. The van der Waals surface area contributed by atoms with Crippen LogP contribution in [0.1, 0.15) is 29.6 Å². The number of rotatable bonds is 5. The first-order valence-electron chi connectivity index (χ1n) is 9.90. The summed E-state index contributed by atoms with van der Waals surface area (Å²) in [5.41, 5.74) is 1.41. The topological polar surface area (TPSA) is 97.7 Å². The maximum absolute atomic E-state index is 13.0. The summed E-state index contributed by atoms with van der Waals surface area (Å²) < 4.78 is 35.1. The van der Waals surface area contributed by atoms with Crippen LogP contribution < -0.4 is 14.9 Å². The van der Waals surface area contributed by atoms with Crippen molar-refractivity contribution in [3.63, 3.8) is 0 Å². The number of aromatic nitrogens is 1. The lowest BCUT2D eigenvalue weighted by Crippen LogP contribution is -2.35. The molecular weight excluding hydrogens is 438 g/mol. The molecule has 1 aromatic heterocycles. The predicted octanol–water partition coefficient (Wildman–Crippen LogP) is 3.04. The van der Waals surface area contributed by atoms with E-state index in [0.29, 0.717) is 18.8 Å². The molecule has 0 unspecified atom stereocenters. The largest absolute Gasteiger partial charge is 0.496 e. The van der Waals surface area contributed by atoms with Gasteiger partial charge in [0.25, 0.3) is 5.91 Å². The van der Waals surface area contributed by atoms with Gasteiger partial charge in [-0.1, -0.05) is 17.8 Å². The zero-order valence-corrected chi connectivity index (χ0v) is 18.9. The highest BCUT2D eigenvalue weighted by Crippen LogP contribution is 2.28. The smallest absolute Gasteiger partial charge is 0.307 e. The van der Waals surface area contributed by atoms with Crippen LogP contribution in [-0.4, -0.2) is 43.4 Å². The molecule has 164 valence electrons. The van der Waals surface area contributed by atoms with E-state index in [-0.39, 0.29) is 21.1 Å². The van der Waals surface area contributed by atoms with E-state index < -0.39 is 15.9 Å². The van der Waals surface area contributed by atoms with Crippen molar-refractivity contribution in [2.24, 2.45) is 7.05 Å². The van der Waals surface area contributed by atoms with Crippen LogP contribution in [0.25, 0.3) is 10.2 Å². The molecule has 0 atom stereocenters. The van der Waals surface area contributed by atoms with Crippen molar-refractivity contribution in [3.8, 4) is 5.75 Å². The lowest BCUT2D eigenvalue weighted by atomic mass is 10.1. The van der Waals surface area contributed by atoms with Crippen LogP contribution in [0.3, 0.4) is 0 Å². The molecule has 0 bridgehead atoms. The van der Waals surface area contributed by atoms with Crippen LogP contribution in [0.2, 0.25) is 0 Å². The van der Waals surface area contributed by atoms with Crippen molar-refractivity contribution in [1.29, 1.82) is 0 Å². The van der Waals surface area contributed by atoms with Gasteiger partial charge < -0.3 is 14.6 Å². The lowest BCUT2D eigenvalue weighted by molar-refractivity contribution is 0.102. The second kappa shape index (κ2) is 8.45. The van der Waals surface area contributed by atoms with Crippen LogP contribution in [0.15, 0.2) is 46.1 Å². The highest BCUT2D eigenvalue weighted by molar-refractivity contribution is 7.89. The molecule has 1 N–H and O–H groups in total. The van der Waals surface area contributed by atoms with Crippen LogP contribution in [0, 0.1) is 0 Å². The molecule has 1 saturated heterocycles. The van der Waals surface area contributed by atoms with E-state index in [9.17, 15) is 18.0 Å². The van der Waals surface area contributed by atoms with Gasteiger partial charge in [0.05, 0.1) is 27.8 Å². The van der Waals surface area contributed by atoms with Gasteiger partial charge in [0, 0.05) is 25.8 Å². The molecular formula is C21H23N3O5S2. The van der Waals surface area contributed by atoms with Gasteiger partial charge in [-0.25, -0.2) is 8.42 Å². The molecule has 2 aromatic carbocycles. The second-order valence-corrected chi connectivity index (χ2v) is 10.3. The van der Waals surface area contributed by atoms with E-state index >= 15 is 0 Å². The number of piperidine rings is 1. The fourth-order valence-corrected chi connectivity index (χ4v) is 6.15. The van der Waals surface area contributed by atoms with Crippen molar-refractivity contribution in [2.75, 3.05) is 25.5 Å². The van der Waals surface area contributed by atoms with Crippen molar-refractivity contribution in [1.82, 2.24) is 8.87 Å². The Morgan fingerprint density at radius 1 is 1.10 bits per heavy atom. The number of thiazole rings is 1. The maximum atomic E-state index is 13.0. The predicted molar refractivity (Wildman–Crippen MR) is 121 cm³/mol. The number of fused-ring (bicyclic) bond motifs is 1. The van der Waals surface area contributed by atoms with Gasteiger partial charge in [-0.2, -0.15) is 4.31 Å². The van der Waals surface area contributed by atoms with Crippen molar-refractivity contribution >= 4 is 43.2 Å². The number of benzene rings is 2. The highest BCUT2D eigenvalue weighted by atomic mass is 32.2. The number of amides is 1. The first-order chi connectivity index (χ1) is 14.8. The third-order valence-corrected chi connectivity index (χ3v) is 8.31. The molecule has 8 nitrogen and oxygen atoms in total. The van der Waals surface area contributed by atoms with Crippen LogP contribution >= 0.6 is 11.3 Å². The van der Waals surface area contributed by atoms with E-state index in [1.165, 1.54) is 29.6 Å². The Kier molecular flexibility index (Phi) is 5.87. The Balaban J connectivity index is 1.65. The maximum Gasteiger partial charge on any atom is 0.307 e. The summed E-state index contributed by atoms with van der Waals surface area (Å²) in [6.07, 6.45) is 2.68. The Hall–Kier alpha value is -2.69. The minimum atomic E-state index is -3.68. The number of nitrogens with one attached hydrogen (secondary N) is 1. The van der Waals surface area contributed by atoms with Gasteiger partial charge >= 0.3 is 4.87 Å². The monoisotopic (exact) mass is 461 g/mol. The van der Waals surface area contributed by atoms with E-state index in [0.717, 1.165) is 40.8 Å². The van der Waals surface area contributed by atoms with Gasteiger partial charge in [0.2, 0.25) is 10.0 Å². The molecule has 1 aliphatic heterocycles. The zero-order chi connectivity index (χ0) is 22.2. The van der Waals surface area contributed by atoms with Crippen LogP contribution in [0.4, 0.5) is 5.69 Å². The number of carbonyl (C=O) groups excluding carboxylic acids is 1. The number of carbonyl (C=O) groups is 1. The van der Waals surface area contributed by atoms with Gasteiger partial charge in [-0.05, 0) is 49.2 Å². The summed E-state index contributed by atoms with van der Waals surface area (Å²) >= 11 is 1.09. The first-order valence-corrected chi connectivity index (χ1v) is 12.2. The average molecular weight is 462 g/mol. The molecule has 3 aromatic rings. The van der Waals surface area contributed by atoms with Crippen LogP contribution in [-0.2, 0) is 17.1 Å². The summed E-state index contributed by atoms with van der Waals surface area (Å²) in [5, 5.41) is 2.78. The van der Waals surface area contributed by atoms with E-state index in [1.807, 2.05) is 0 Å². The number of hydrogen-bond acceptors (Lipinski definition) is 6. The molecule has 0 saturated carbocycles. The summed E-state index contributed by atoms with van der Waals surface area (Å²) in [6.45, 7) is 0.964. The van der Waals surface area contributed by atoms with E-state index in [2.05, 4.69) is 5.32 Å². The molecule has 4 rings (SSSR count). The standard InChI is InChI=1S/C21H23N3O5S2/c1-23-17-8-6-14(12-19(17)30-21(23)26)22-20(25)16-13-15(7-9-18(16)29-2)31(27,28)24-10-4-3-5-11-24/h6-9,12-13H,3-5,10-11H2,1-2H3,(H,22,25). The third kappa shape index (κ3) is 4.10. The fraction of sp³-hybridized carbons (Fsp3) is 0.333. The molecule has 1 fully saturated rings. The van der Waals surface area contributed by atoms with Gasteiger partial charge in [0.1, 0.15) is 5.75 Å². The zero-order valence-electron chi connectivity index (χ0n) is 17.3. The van der Waals surface area contributed by atoms with Crippen molar-refractivity contribution in [2.45, 2.75) is 24.2 Å². The van der Waals surface area contributed by atoms with Gasteiger partial charge in [-0.3, -0.25) is 9.59 Å². The molecule has 1 aliphatic rings. The average Bonchev–Trinajstić information content (AvgIpc) is 3.06. The summed E-state index contributed by atoms with van der Waals surface area (Å²) in [4.78, 5) is 24.8. The molecule has 1 amide bonds. The Morgan fingerprint density at radius 3 is 2.55 bits per heavy atom. The Bertz CT molecular complexity index is 1300. The summed E-state index contributed by atoms with van der Waals surface area (Å²) in [6, 6.07) is 9.51. The Morgan fingerprint density at radius 2 is 1.84 bits per heavy atom. The molecule has 0 radical (unpaired) electrons. The summed E-state index contributed by atoms with van der Waals surface area (Å²) in [7, 11) is -0.563. The molecule has 0 spiro atoms. The van der Waals surface area contributed by atoms with E-state index in [4.69, 9.17) is 4.74 Å². The number of ether oxygens (including phenoxy) is 1. The molecule has 10 heteroatoms. The number of methoxy groups -OCH3 is 1. The van der Waals surface area contributed by atoms with Gasteiger partial charge in [0.15, 0.2) is 0 Å². The van der Waals surface area contributed by atoms with E-state index in [1.54, 1.807) is 29.8 Å². The number of nitrogens with zero attached hydrogens (tertiary/aromatic N) is 2. The molecule has 31 heavy (non-hydrogen) atoms. The number of sulfonamides is 1. The van der Waals surface area contributed by atoms with Gasteiger partial charge in [-0.15, -0.1) is 0 Å². The highest BCUT2D eigenvalue weighted by Gasteiger charge is 2.27. The van der Waals surface area contributed by atoms with Crippen molar-refractivity contribution < 1.29 is 17.9 Å². The minimum Gasteiger partial charge on any atom is -0.496 e. The molecule has 2 heterocycles. The lowest BCUT2D eigenvalue weighted by Gasteiger charge is -2.26.